The van der Waals surface area contributed by atoms with Crippen molar-refractivity contribution in [3.05, 3.63) is 75.0 Å². The molecule has 0 fully saturated rings. The first-order valence-corrected chi connectivity index (χ1v) is 9.64. The number of anilines is 2. The van der Waals surface area contributed by atoms with Gasteiger partial charge >= 0.3 is 0 Å². The van der Waals surface area contributed by atoms with E-state index in [1.165, 1.54) is 13.0 Å². The normalized spacial score (nSPS) is 10.5. The second kappa shape index (κ2) is 8.92. The molecular weight excluding hydrogens is 404 g/mol. The quantitative estimate of drug-likeness (QED) is 0.651. The van der Waals surface area contributed by atoms with Gasteiger partial charge < -0.3 is 10.6 Å². The van der Waals surface area contributed by atoms with Crippen molar-refractivity contribution in [2.75, 3.05) is 10.6 Å². The van der Waals surface area contributed by atoms with E-state index in [4.69, 9.17) is 11.6 Å². The van der Waals surface area contributed by atoms with Crippen LogP contribution in [0.4, 0.5) is 11.4 Å². The van der Waals surface area contributed by atoms with E-state index >= 15 is 0 Å². The molecule has 2 N–H and O–H groups in total. The predicted octanol–water partition coefficient (Wildman–Crippen LogP) is 3.78. The zero-order valence-electron chi connectivity index (χ0n) is 16.8. The Balaban J connectivity index is 1.96. The molecule has 0 atom stereocenters. The number of rotatable bonds is 5. The van der Waals surface area contributed by atoms with Gasteiger partial charge in [0, 0.05) is 23.2 Å². The van der Waals surface area contributed by atoms with Gasteiger partial charge in [-0.3, -0.25) is 14.4 Å². The van der Waals surface area contributed by atoms with E-state index in [9.17, 15) is 14.4 Å². The Labute approximate surface area is 178 Å². The summed E-state index contributed by atoms with van der Waals surface area (Å²) >= 11 is 6.09. The molecule has 0 bridgehead atoms. The molecule has 0 radical (unpaired) electrons. The van der Waals surface area contributed by atoms with Crippen LogP contribution in [0.3, 0.4) is 0 Å². The van der Waals surface area contributed by atoms with Gasteiger partial charge in [-0.1, -0.05) is 47.5 Å². The zero-order chi connectivity index (χ0) is 21.8. The molecule has 30 heavy (non-hydrogen) atoms. The van der Waals surface area contributed by atoms with Crippen LogP contribution in [0, 0.1) is 13.8 Å². The topological polar surface area (TPSA) is 93.1 Å². The lowest BCUT2D eigenvalue weighted by molar-refractivity contribution is -0.117. The molecule has 0 aliphatic heterocycles. The largest absolute Gasteiger partial charge is 0.324 e. The van der Waals surface area contributed by atoms with Crippen molar-refractivity contribution in [1.29, 1.82) is 0 Å². The summed E-state index contributed by atoms with van der Waals surface area (Å²) in [6.07, 6.45) is 0. The van der Waals surface area contributed by atoms with Crippen LogP contribution < -0.4 is 16.2 Å². The van der Waals surface area contributed by atoms with Crippen LogP contribution in [0.2, 0.25) is 5.02 Å². The standard InChI is InChI=1S/C22H21ClN4O3/c1-13-7-9-16(10-8-13)19-11-20(24-15(3)28)22(30)27(26-19)12-21(29)25-18-6-4-5-17(23)14(18)2/h4-11H,12H2,1-3H3,(H,24,28)(H,25,29). The van der Waals surface area contributed by atoms with Gasteiger partial charge in [0.2, 0.25) is 11.8 Å². The van der Waals surface area contributed by atoms with Gasteiger partial charge in [-0.05, 0) is 37.6 Å². The minimum absolute atomic E-state index is 0.0554. The Bertz CT molecular complexity index is 1170. The number of amides is 2. The summed E-state index contributed by atoms with van der Waals surface area (Å²) in [7, 11) is 0. The highest BCUT2D eigenvalue weighted by Crippen LogP contribution is 2.23. The lowest BCUT2D eigenvalue weighted by atomic mass is 10.1. The molecule has 0 saturated heterocycles. The second-order valence-electron chi connectivity index (χ2n) is 6.91. The van der Waals surface area contributed by atoms with Gasteiger partial charge in [0.15, 0.2) is 0 Å². The molecule has 0 unspecified atom stereocenters. The summed E-state index contributed by atoms with van der Waals surface area (Å²) in [5.41, 5.74) is 3.05. The number of aromatic nitrogens is 2. The Morgan fingerprint density at radius 3 is 2.40 bits per heavy atom. The van der Waals surface area contributed by atoms with Crippen LogP contribution in [-0.4, -0.2) is 21.6 Å². The zero-order valence-corrected chi connectivity index (χ0v) is 17.6. The lowest BCUT2D eigenvalue weighted by Gasteiger charge is -2.13. The van der Waals surface area contributed by atoms with Crippen LogP contribution in [0.1, 0.15) is 18.1 Å². The number of carbonyl (C=O) groups excluding carboxylic acids is 2. The Hall–Kier alpha value is -3.45. The first kappa shape index (κ1) is 21.3. The Kier molecular flexibility index (Phi) is 6.32. The van der Waals surface area contributed by atoms with Gasteiger partial charge in [0.25, 0.3) is 5.56 Å². The van der Waals surface area contributed by atoms with E-state index in [0.29, 0.717) is 16.4 Å². The van der Waals surface area contributed by atoms with Gasteiger partial charge in [-0.25, -0.2) is 4.68 Å². The van der Waals surface area contributed by atoms with Gasteiger partial charge in [-0.15, -0.1) is 0 Å². The van der Waals surface area contributed by atoms with Crippen LogP contribution in [0.5, 0.6) is 0 Å². The number of hydrogen-bond donors (Lipinski definition) is 2. The first-order valence-electron chi connectivity index (χ1n) is 9.26. The average Bonchev–Trinajstić information content (AvgIpc) is 2.68. The highest BCUT2D eigenvalue weighted by molar-refractivity contribution is 6.31. The molecule has 8 heteroatoms. The summed E-state index contributed by atoms with van der Waals surface area (Å²) < 4.78 is 1.04. The third-order valence-electron chi connectivity index (χ3n) is 4.47. The van der Waals surface area contributed by atoms with Gasteiger partial charge in [0.1, 0.15) is 12.2 Å². The van der Waals surface area contributed by atoms with Crippen molar-refractivity contribution in [3.8, 4) is 11.3 Å². The lowest BCUT2D eigenvalue weighted by Crippen LogP contribution is -2.32. The van der Waals surface area contributed by atoms with Crippen molar-refractivity contribution in [2.24, 2.45) is 0 Å². The predicted molar refractivity (Wildman–Crippen MR) is 118 cm³/mol. The van der Waals surface area contributed by atoms with Crippen molar-refractivity contribution in [2.45, 2.75) is 27.3 Å². The molecule has 2 amide bonds. The number of halogens is 1. The van der Waals surface area contributed by atoms with Crippen LogP contribution in [-0.2, 0) is 16.1 Å². The minimum Gasteiger partial charge on any atom is -0.324 e. The Morgan fingerprint density at radius 1 is 1.03 bits per heavy atom. The van der Waals surface area contributed by atoms with E-state index in [1.807, 2.05) is 31.2 Å². The second-order valence-corrected chi connectivity index (χ2v) is 7.32. The van der Waals surface area contributed by atoms with Gasteiger partial charge in [-0.2, -0.15) is 5.10 Å². The summed E-state index contributed by atoms with van der Waals surface area (Å²) in [5, 5.41) is 10.1. The maximum Gasteiger partial charge on any atom is 0.291 e. The first-order chi connectivity index (χ1) is 14.2. The summed E-state index contributed by atoms with van der Waals surface area (Å²) in [4.78, 5) is 36.8. The van der Waals surface area contributed by atoms with Crippen molar-refractivity contribution in [3.63, 3.8) is 0 Å². The SMILES string of the molecule is CC(=O)Nc1cc(-c2ccc(C)cc2)nn(CC(=O)Nc2cccc(Cl)c2C)c1=O. The maximum atomic E-state index is 12.7. The number of carbonyl (C=O) groups is 2. The number of nitrogens with zero attached hydrogens (tertiary/aromatic N) is 2. The van der Waals surface area contributed by atoms with E-state index in [-0.39, 0.29) is 12.2 Å². The summed E-state index contributed by atoms with van der Waals surface area (Å²) in [6, 6.07) is 14.2. The fourth-order valence-corrected chi connectivity index (χ4v) is 3.04. The third-order valence-corrected chi connectivity index (χ3v) is 4.88. The third kappa shape index (κ3) is 4.93. The molecule has 1 heterocycles. The average molecular weight is 425 g/mol. The molecule has 0 aliphatic carbocycles. The van der Waals surface area contributed by atoms with Crippen LogP contribution in [0.15, 0.2) is 53.3 Å². The summed E-state index contributed by atoms with van der Waals surface area (Å²) in [6.45, 7) is 4.74. The smallest absolute Gasteiger partial charge is 0.291 e. The minimum atomic E-state index is -0.570. The molecule has 154 valence electrons. The van der Waals surface area contributed by atoms with E-state index < -0.39 is 17.4 Å². The highest BCUT2D eigenvalue weighted by atomic mass is 35.5. The molecule has 7 nitrogen and oxygen atoms in total. The molecule has 0 saturated carbocycles. The Morgan fingerprint density at radius 2 is 1.73 bits per heavy atom. The number of hydrogen-bond acceptors (Lipinski definition) is 4. The summed E-state index contributed by atoms with van der Waals surface area (Å²) in [5.74, 6) is -0.830. The molecule has 3 aromatic rings. The van der Waals surface area contributed by atoms with Crippen molar-refractivity contribution >= 4 is 34.8 Å². The number of benzene rings is 2. The van der Waals surface area contributed by atoms with Crippen molar-refractivity contribution in [1.82, 2.24) is 9.78 Å². The number of aryl methyl sites for hydroxylation is 1. The molecule has 0 aliphatic rings. The molecular formula is C22H21ClN4O3. The maximum absolute atomic E-state index is 12.7. The molecule has 1 aromatic heterocycles. The number of nitrogens with one attached hydrogen (secondary N) is 2. The van der Waals surface area contributed by atoms with Gasteiger partial charge in [0.05, 0.1) is 5.69 Å². The van der Waals surface area contributed by atoms with Crippen LogP contribution >= 0.6 is 11.6 Å². The van der Waals surface area contributed by atoms with Crippen LogP contribution in [0.25, 0.3) is 11.3 Å². The fourth-order valence-electron chi connectivity index (χ4n) is 2.86. The molecule has 2 aromatic carbocycles. The van der Waals surface area contributed by atoms with E-state index in [0.717, 1.165) is 21.4 Å². The van der Waals surface area contributed by atoms with E-state index in [2.05, 4.69) is 15.7 Å². The molecule has 3 rings (SSSR count). The molecule has 0 spiro atoms. The fraction of sp³-hybridized carbons (Fsp3) is 0.182. The van der Waals surface area contributed by atoms with E-state index in [1.54, 1.807) is 25.1 Å². The monoisotopic (exact) mass is 424 g/mol. The highest BCUT2D eigenvalue weighted by Gasteiger charge is 2.15. The van der Waals surface area contributed by atoms with Crippen molar-refractivity contribution < 1.29 is 9.59 Å².